The molecule has 0 bridgehead atoms. The second kappa shape index (κ2) is 10.8. The second-order valence-electron chi connectivity index (χ2n) is 11.4. The number of sulfonamides is 1. The van der Waals surface area contributed by atoms with Gasteiger partial charge in [-0.15, -0.1) is 0 Å². The molecule has 1 atom stereocenters. The first-order valence-electron chi connectivity index (χ1n) is 13.2. The summed E-state index contributed by atoms with van der Waals surface area (Å²) in [5.74, 6) is -0.449. The molecule has 2 aromatic heterocycles. The normalized spacial score (nSPS) is 17.8. The quantitative estimate of drug-likeness (QED) is 0.423. The van der Waals surface area contributed by atoms with Crippen LogP contribution in [0.1, 0.15) is 73.6 Å². The topological polar surface area (TPSA) is 133 Å². The van der Waals surface area contributed by atoms with Crippen molar-refractivity contribution in [2.24, 2.45) is 5.41 Å². The maximum atomic E-state index is 13.1. The maximum Gasteiger partial charge on any atom is 0.304 e. The van der Waals surface area contributed by atoms with E-state index in [0.717, 1.165) is 36.7 Å². The van der Waals surface area contributed by atoms with Gasteiger partial charge < -0.3 is 19.7 Å². The number of pyridine rings is 1. The van der Waals surface area contributed by atoms with Crippen LogP contribution in [0.3, 0.4) is 0 Å². The van der Waals surface area contributed by atoms with Crippen LogP contribution in [-0.2, 0) is 14.8 Å². The minimum absolute atomic E-state index is 0.00566. The Balaban J connectivity index is 1.84. The van der Waals surface area contributed by atoms with Gasteiger partial charge in [0.15, 0.2) is 0 Å². The van der Waals surface area contributed by atoms with E-state index in [1.165, 1.54) is 4.31 Å². The van der Waals surface area contributed by atoms with Crippen LogP contribution in [-0.4, -0.2) is 75.3 Å². The Morgan fingerprint density at radius 3 is 2.49 bits per heavy atom. The Hall–Kier alpha value is -3.18. The molecule has 0 aliphatic heterocycles. The number of carboxylic acid groups (broad SMARTS) is 1. The van der Waals surface area contributed by atoms with Crippen molar-refractivity contribution in [3.8, 4) is 0 Å². The van der Waals surface area contributed by atoms with Gasteiger partial charge in [0.1, 0.15) is 11.6 Å². The lowest BCUT2D eigenvalue weighted by Crippen LogP contribution is -2.38. The van der Waals surface area contributed by atoms with Crippen LogP contribution in [0.4, 0.5) is 5.82 Å². The fourth-order valence-electron chi connectivity index (χ4n) is 4.91. The van der Waals surface area contributed by atoms with Crippen LogP contribution in [0, 0.1) is 5.41 Å². The standard InChI is InChI=1S/C28H38N4O6S/c1-28(2)12-9-18(10-13-28)24-23(26(35)29-3)21-16-20(17-7-8-17)25(30-27(21)38-24)32(39(6,36)37)14-11-19(31(4)5)15-22(33)34/h9-10,12,16-17,19H,7-8,11,13-15H2,1-6H3,(H,29,35)(H,33,34). The predicted molar refractivity (Wildman–Crippen MR) is 151 cm³/mol. The average molecular weight is 559 g/mol. The van der Waals surface area contributed by atoms with Gasteiger partial charge in [0, 0.05) is 25.2 Å². The van der Waals surface area contributed by atoms with Crippen molar-refractivity contribution >= 4 is 44.4 Å². The number of hydrogen-bond acceptors (Lipinski definition) is 7. The third-order valence-corrected chi connectivity index (χ3v) is 8.59. The smallest absolute Gasteiger partial charge is 0.304 e. The molecule has 2 aliphatic carbocycles. The number of anilines is 1. The monoisotopic (exact) mass is 558 g/mol. The Labute approximate surface area is 229 Å². The molecular weight excluding hydrogens is 520 g/mol. The van der Waals surface area contributed by atoms with Gasteiger partial charge in [-0.3, -0.25) is 13.9 Å². The van der Waals surface area contributed by atoms with Gasteiger partial charge in [0.25, 0.3) is 5.91 Å². The van der Waals surface area contributed by atoms with Crippen LogP contribution >= 0.6 is 0 Å². The molecule has 0 saturated heterocycles. The summed E-state index contributed by atoms with van der Waals surface area (Å²) in [5.41, 5.74) is 2.09. The molecule has 1 unspecified atom stereocenters. The molecule has 1 saturated carbocycles. The first-order chi connectivity index (χ1) is 18.2. The van der Waals surface area contributed by atoms with Crippen LogP contribution in [0.25, 0.3) is 16.7 Å². The molecule has 1 amide bonds. The molecule has 4 rings (SSSR count). The van der Waals surface area contributed by atoms with E-state index in [9.17, 15) is 23.1 Å². The molecule has 212 valence electrons. The average Bonchev–Trinajstić information content (AvgIpc) is 3.62. The van der Waals surface area contributed by atoms with Gasteiger partial charge in [0.05, 0.1) is 23.6 Å². The number of rotatable bonds is 11. The number of furan rings is 1. The van der Waals surface area contributed by atoms with E-state index in [1.807, 2.05) is 18.2 Å². The van der Waals surface area contributed by atoms with Gasteiger partial charge in [-0.2, -0.15) is 4.98 Å². The summed E-state index contributed by atoms with van der Waals surface area (Å²) in [6, 6.07) is 1.49. The molecule has 2 aromatic rings. The summed E-state index contributed by atoms with van der Waals surface area (Å²) in [6.45, 7) is 4.32. The van der Waals surface area contributed by atoms with E-state index in [0.29, 0.717) is 23.1 Å². The highest BCUT2D eigenvalue weighted by Crippen LogP contribution is 2.47. The van der Waals surface area contributed by atoms with E-state index >= 15 is 0 Å². The highest BCUT2D eigenvalue weighted by Gasteiger charge is 2.35. The lowest BCUT2D eigenvalue weighted by Gasteiger charge is -2.28. The van der Waals surface area contributed by atoms with Crippen LogP contribution in [0.5, 0.6) is 0 Å². The maximum absolute atomic E-state index is 13.1. The minimum atomic E-state index is -3.76. The predicted octanol–water partition coefficient (Wildman–Crippen LogP) is 4.00. The first kappa shape index (κ1) is 28.8. The van der Waals surface area contributed by atoms with Crippen molar-refractivity contribution < 1.29 is 27.5 Å². The number of hydrogen-bond donors (Lipinski definition) is 2. The number of aliphatic carboxylic acids is 1. The summed E-state index contributed by atoms with van der Waals surface area (Å²) in [5, 5.41) is 12.6. The molecule has 2 aliphatic rings. The number of aromatic nitrogens is 1. The van der Waals surface area contributed by atoms with Crippen molar-refractivity contribution in [2.45, 2.75) is 57.9 Å². The zero-order chi connectivity index (χ0) is 28.7. The summed E-state index contributed by atoms with van der Waals surface area (Å²) in [4.78, 5) is 31.0. The van der Waals surface area contributed by atoms with Gasteiger partial charge in [-0.05, 0) is 62.7 Å². The van der Waals surface area contributed by atoms with E-state index in [-0.39, 0.29) is 47.8 Å². The van der Waals surface area contributed by atoms with Crippen molar-refractivity contribution in [2.75, 3.05) is 38.2 Å². The van der Waals surface area contributed by atoms with Crippen LogP contribution in [0.15, 0.2) is 28.7 Å². The van der Waals surface area contributed by atoms with Crippen LogP contribution < -0.4 is 9.62 Å². The number of carbonyl (C=O) groups excluding carboxylic acids is 1. The molecule has 0 aromatic carbocycles. The molecule has 0 spiro atoms. The van der Waals surface area contributed by atoms with Crippen molar-refractivity contribution in [3.05, 3.63) is 41.2 Å². The van der Waals surface area contributed by atoms with Crippen molar-refractivity contribution in [1.29, 1.82) is 0 Å². The van der Waals surface area contributed by atoms with Gasteiger partial charge in [0.2, 0.25) is 15.7 Å². The number of amides is 1. The number of allylic oxidation sites excluding steroid dienone is 4. The van der Waals surface area contributed by atoms with Crippen LogP contribution in [0.2, 0.25) is 0 Å². The number of nitrogens with zero attached hydrogens (tertiary/aromatic N) is 3. The third-order valence-electron chi connectivity index (χ3n) is 7.43. The summed E-state index contributed by atoms with van der Waals surface area (Å²) in [6.07, 6.45) is 9.95. The Morgan fingerprint density at radius 2 is 1.97 bits per heavy atom. The first-order valence-corrected chi connectivity index (χ1v) is 15.0. The number of carboxylic acids is 1. The molecule has 2 N–H and O–H groups in total. The fourth-order valence-corrected chi connectivity index (χ4v) is 5.81. The molecular formula is C28H38N4O6S. The summed E-state index contributed by atoms with van der Waals surface area (Å²) < 4.78 is 33.5. The molecule has 10 nitrogen and oxygen atoms in total. The van der Waals surface area contributed by atoms with Gasteiger partial charge in [-0.1, -0.05) is 32.1 Å². The van der Waals surface area contributed by atoms with E-state index < -0.39 is 16.0 Å². The van der Waals surface area contributed by atoms with E-state index in [4.69, 9.17) is 9.40 Å². The molecule has 1 fully saturated rings. The highest BCUT2D eigenvalue weighted by atomic mass is 32.2. The number of fused-ring (bicyclic) bond motifs is 1. The minimum Gasteiger partial charge on any atom is -0.481 e. The Bertz CT molecular complexity index is 1450. The number of nitrogens with one attached hydrogen (secondary N) is 1. The molecule has 0 radical (unpaired) electrons. The fraction of sp³-hybridized carbons (Fsp3) is 0.536. The van der Waals surface area contributed by atoms with E-state index in [1.54, 1.807) is 26.0 Å². The van der Waals surface area contributed by atoms with Gasteiger partial charge >= 0.3 is 5.97 Å². The Kier molecular flexibility index (Phi) is 7.96. The SMILES string of the molecule is CNC(=O)c1c(C2=CCC(C)(C)C=C2)oc2nc(N(CCC(CC(=O)O)N(C)C)S(C)(=O)=O)c(C3CC3)cc12. The molecule has 11 heteroatoms. The lowest BCUT2D eigenvalue weighted by atomic mass is 9.83. The third kappa shape index (κ3) is 6.36. The van der Waals surface area contributed by atoms with E-state index in [2.05, 4.69) is 25.2 Å². The zero-order valence-corrected chi connectivity index (χ0v) is 24.3. The lowest BCUT2D eigenvalue weighted by molar-refractivity contribution is -0.138. The van der Waals surface area contributed by atoms with Crippen molar-refractivity contribution in [1.82, 2.24) is 15.2 Å². The Morgan fingerprint density at radius 1 is 1.28 bits per heavy atom. The highest BCUT2D eigenvalue weighted by molar-refractivity contribution is 7.92. The molecule has 39 heavy (non-hydrogen) atoms. The van der Waals surface area contributed by atoms with Crippen molar-refractivity contribution in [3.63, 3.8) is 0 Å². The largest absolute Gasteiger partial charge is 0.481 e. The number of carbonyl (C=O) groups is 2. The zero-order valence-electron chi connectivity index (χ0n) is 23.4. The molecule has 2 heterocycles. The second-order valence-corrected chi connectivity index (χ2v) is 13.3. The van der Waals surface area contributed by atoms with Gasteiger partial charge in [-0.25, -0.2) is 8.42 Å². The summed E-state index contributed by atoms with van der Waals surface area (Å²) >= 11 is 0. The summed E-state index contributed by atoms with van der Waals surface area (Å²) in [7, 11) is 1.35.